The van der Waals surface area contributed by atoms with Gasteiger partial charge >= 0.3 is 0 Å². The normalized spacial score (nSPS) is 12.8. The highest BCUT2D eigenvalue weighted by molar-refractivity contribution is 6.02. The molecule has 2 aromatic carbocycles. The molecule has 1 amide bonds. The molecule has 0 radical (unpaired) electrons. The first kappa shape index (κ1) is 15.4. The van der Waals surface area contributed by atoms with Crippen LogP contribution in [0.2, 0.25) is 0 Å². The van der Waals surface area contributed by atoms with E-state index in [1.165, 1.54) is 12.1 Å². The van der Waals surface area contributed by atoms with Crippen molar-refractivity contribution in [1.29, 1.82) is 0 Å². The monoisotopic (exact) mass is 336 g/mol. The summed E-state index contributed by atoms with van der Waals surface area (Å²) in [5.41, 5.74) is 4.90. The summed E-state index contributed by atoms with van der Waals surface area (Å²) in [6, 6.07) is 8.82. The van der Waals surface area contributed by atoms with Gasteiger partial charge in [-0.3, -0.25) is 9.78 Å². The van der Waals surface area contributed by atoms with Crippen LogP contribution in [0.25, 0.3) is 22.3 Å². The minimum atomic E-state index is -0.660. The number of benzene rings is 2. The van der Waals surface area contributed by atoms with E-state index in [1.54, 1.807) is 18.5 Å². The van der Waals surface area contributed by atoms with Crippen molar-refractivity contribution >= 4 is 5.91 Å². The smallest absolute Gasteiger partial charge is 0.251 e. The number of halogens is 2. The zero-order chi connectivity index (χ0) is 17.6. The number of pyridine rings is 1. The quantitative estimate of drug-likeness (QED) is 0.760. The van der Waals surface area contributed by atoms with Gasteiger partial charge in [-0.2, -0.15) is 0 Å². The maximum atomic E-state index is 14.2. The molecule has 3 nitrogen and oxygen atoms in total. The molecule has 4 rings (SSSR count). The number of carbonyl (C=O) groups excluding carboxylic acids is 1. The van der Waals surface area contributed by atoms with Crippen LogP contribution in [0.1, 0.15) is 21.5 Å². The number of amides is 1. The van der Waals surface area contributed by atoms with Crippen LogP contribution in [0, 0.1) is 18.6 Å². The largest absolute Gasteiger partial charge is 0.348 e. The minimum absolute atomic E-state index is 0.192. The van der Waals surface area contributed by atoms with Crippen LogP contribution < -0.4 is 5.32 Å². The Morgan fingerprint density at radius 3 is 2.56 bits per heavy atom. The average Bonchev–Trinajstić information content (AvgIpc) is 2.96. The molecule has 1 aliphatic rings. The van der Waals surface area contributed by atoms with E-state index < -0.39 is 11.6 Å². The van der Waals surface area contributed by atoms with E-state index in [0.717, 1.165) is 28.3 Å². The van der Waals surface area contributed by atoms with Crippen LogP contribution >= 0.6 is 0 Å². The summed E-state index contributed by atoms with van der Waals surface area (Å²) in [5.74, 6) is -1.49. The average molecular weight is 336 g/mol. The fourth-order valence-corrected chi connectivity index (χ4v) is 3.19. The molecule has 25 heavy (non-hydrogen) atoms. The number of carbonyl (C=O) groups is 1. The molecule has 1 aliphatic heterocycles. The number of nitrogens with one attached hydrogen (secondary N) is 1. The molecule has 3 aromatic rings. The number of aromatic nitrogens is 1. The SMILES string of the molecule is Cc1ccncc1-c1cc(-c2ccc(F)cc2F)cc2c1CNC2=O. The second-order valence-electron chi connectivity index (χ2n) is 6.05. The number of aryl methyl sites for hydroxylation is 1. The molecule has 124 valence electrons. The fourth-order valence-electron chi connectivity index (χ4n) is 3.19. The van der Waals surface area contributed by atoms with E-state index in [4.69, 9.17) is 0 Å². The number of rotatable bonds is 2. The van der Waals surface area contributed by atoms with Crippen molar-refractivity contribution in [2.45, 2.75) is 13.5 Å². The Bertz CT molecular complexity index is 1010. The van der Waals surface area contributed by atoms with Crippen LogP contribution in [-0.2, 0) is 6.54 Å². The molecule has 0 atom stereocenters. The van der Waals surface area contributed by atoms with Gasteiger partial charge in [0.1, 0.15) is 11.6 Å². The van der Waals surface area contributed by atoms with Crippen molar-refractivity contribution in [2.24, 2.45) is 0 Å². The van der Waals surface area contributed by atoms with Gasteiger partial charge < -0.3 is 5.32 Å². The van der Waals surface area contributed by atoms with Crippen molar-refractivity contribution in [3.05, 3.63) is 77.1 Å². The number of hydrogen-bond donors (Lipinski definition) is 1. The summed E-state index contributed by atoms with van der Waals surface area (Å²) in [7, 11) is 0. The predicted molar refractivity (Wildman–Crippen MR) is 90.9 cm³/mol. The zero-order valence-electron chi connectivity index (χ0n) is 13.4. The fraction of sp³-hybridized carbons (Fsp3) is 0.100. The molecule has 0 saturated heterocycles. The van der Waals surface area contributed by atoms with Gasteiger partial charge in [0.05, 0.1) is 0 Å². The van der Waals surface area contributed by atoms with Crippen LogP contribution in [0.4, 0.5) is 8.78 Å². The topological polar surface area (TPSA) is 42.0 Å². The number of fused-ring (bicyclic) bond motifs is 1. The lowest BCUT2D eigenvalue weighted by atomic mass is 9.90. The van der Waals surface area contributed by atoms with Gasteiger partial charge in [-0.25, -0.2) is 8.78 Å². The molecule has 0 saturated carbocycles. The molecular weight excluding hydrogens is 322 g/mol. The number of hydrogen-bond acceptors (Lipinski definition) is 2. The lowest BCUT2D eigenvalue weighted by Crippen LogP contribution is -2.12. The second-order valence-corrected chi connectivity index (χ2v) is 6.05. The van der Waals surface area contributed by atoms with Crippen molar-refractivity contribution in [3.8, 4) is 22.3 Å². The molecule has 5 heteroatoms. The highest BCUT2D eigenvalue weighted by atomic mass is 19.1. The van der Waals surface area contributed by atoms with Gasteiger partial charge in [0, 0.05) is 41.7 Å². The molecule has 0 bridgehead atoms. The first-order valence-electron chi connectivity index (χ1n) is 7.86. The summed E-state index contributed by atoms with van der Waals surface area (Å²) < 4.78 is 27.5. The Kier molecular flexibility index (Phi) is 3.57. The Labute approximate surface area is 143 Å². The third-order valence-electron chi connectivity index (χ3n) is 4.49. The Morgan fingerprint density at radius 1 is 1.00 bits per heavy atom. The predicted octanol–water partition coefficient (Wildman–Crippen LogP) is 4.25. The molecular formula is C20H14F2N2O. The lowest BCUT2D eigenvalue weighted by molar-refractivity contribution is 0.0966. The Hall–Kier alpha value is -3.08. The molecule has 0 fully saturated rings. The van der Waals surface area contributed by atoms with Crippen molar-refractivity contribution in [2.75, 3.05) is 0 Å². The highest BCUT2D eigenvalue weighted by Crippen LogP contribution is 2.36. The van der Waals surface area contributed by atoms with Crippen LogP contribution in [0.15, 0.2) is 48.8 Å². The van der Waals surface area contributed by atoms with Gasteiger partial charge in [-0.15, -0.1) is 0 Å². The summed E-state index contributed by atoms with van der Waals surface area (Å²) >= 11 is 0. The molecule has 1 N–H and O–H groups in total. The van der Waals surface area contributed by atoms with Crippen LogP contribution in [-0.4, -0.2) is 10.9 Å². The minimum Gasteiger partial charge on any atom is -0.348 e. The van der Waals surface area contributed by atoms with Gasteiger partial charge in [-0.1, -0.05) is 0 Å². The van der Waals surface area contributed by atoms with Gasteiger partial charge in [0.15, 0.2) is 0 Å². The van der Waals surface area contributed by atoms with Crippen molar-refractivity contribution in [3.63, 3.8) is 0 Å². The molecule has 0 unspecified atom stereocenters. The van der Waals surface area contributed by atoms with Crippen molar-refractivity contribution < 1.29 is 13.6 Å². The van der Waals surface area contributed by atoms with Crippen LogP contribution in [0.3, 0.4) is 0 Å². The number of nitrogens with zero attached hydrogens (tertiary/aromatic N) is 1. The van der Waals surface area contributed by atoms with E-state index in [2.05, 4.69) is 10.3 Å². The third-order valence-corrected chi connectivity index (χ3v) is 4.49. The maximum Gasteiger partial charge on any atom is 0.251 e. The summed E-state index contributed by atoms with van der Waals surface area (Å²) in [4.78, 5) is 16.3. The summed E-state index contributed by atoms with van der Waals surface area (Å²) in [6.45, 7) is 2.38. The van der Waals surface area contributed by atoms with E-state index in [9.17, 15) is 13.6 Å². The van der Waals surface area contributed by atoms with Gasteiger partial charge in [0.25, 0.3) is 5.91 Å². The van der Waals surface area contributed by atoms with Gasteiger partial charge in [-0.05, 0) is 59.5 Å². The zero-order valence-corrected chi connectivity index (χ0v) is 13.4. The van der Waals surface area contributed by atoms with E-state index in [-0.39, 0.29) is 11.5 Å². The third kappa shape index (κ3) is 2.58. The van der Waals surface area contributed by atoms with E-state index in [1.807, 2.05) is 19.1 Å². The molecule has 2 heterocycles. The van der Waals surface area contributed by atoms with E-state index in [0.29, 0.717) is 17.7 Å². The van der Waals surface area contributed by atoms with Crippen molar-refractivity contribution in [1.82, 2.24) is 10.3 Å². The molecule has 1 aromatic heterocycles. The maximum absolute atomic E-state index is 14.2. The van der Waals surface area contributed by atoms with E-state index >= 15 is 0 Å². The van der Waals surface area contributed by atoms with Gasteiger partial charge in [0.2, 0.25) is 0 Å². The standard InChI is InChI=1S/C20H14F2N2O/c1-11-4-5-23-9-17(11)15-6-12(7-16-18(15)10-24-20(16)25)14-3-2-13(21)8-19(14)22/h2-9H,10H2,1H3,(H,24,25). The summed E-state index contributed by atoms with van der Waals surface area (Å²) in [5, 5.41) is 2.80. The van der Waals surface area contributed by atoms with Crippen LogP contribution in [0.5, 0.6) is 0 Å². The Morgan fingerprint density at radius 2 is 1.80 bits per heavy atom. The first-order chi connectivity index (χ1) is 12.0. The molecule has 0 aliphatic carbocycles. The highest BCUT2D eigenvalue weighted by Gasteiger charge is 2.25. The second kappa shape index (κ2) is 5.77. The Balaban J connectivity index is 1.99. The molecule has 0 spiro atoms. The first-order valence-corrected chi connectivity index (χ1v) is 7.86. The lowest BCUT2D eigenvalue weighted by Gasteiger charge is -2.13. The summed E-state index contributed by atoms with van der Waals surface area (Å²) in [6.07, 6.45) is 3.44.